The SMILES string of the molecule is Cn1cc(-c2ccoc2)nc1C=O. The van der Waals surface area contributed by atoms with E-state index >= 15 is 0 Å². The number of rotatable bonds is 2. The highest BCUT2D eigenvalue weighted by atomic mass is 16.3. The minimum absolute atomic E-state index is 0.413. The number of aldehydes is 1. The van der Waals surface area contributed by atoms with Crippen LogP contribution in [0.1, 0.15) is 10.6 Å². The summed E-state index contributed by atoms with van der Waals surface area (Å²) in [4.78, 5) is 14.6. The van der Waals surface area contributed by atoms with E-state index in [1.54, 1.807) is 36.4 Å². The van der Waals surface area contributed by atoms with Crippen molar-refractivity contribution in [3.05, 3.63) is 30.6 Å². The molecule has 0 N–H and O–H groups in total. The Hall–Kier alpha value is -1.84. The molecule has 2 heterocycles. The van der Waals surface area contributed by atoms with Crippen molar-refractivity contribution >= 4 is 6.29 Å². The molecule has 66 valence electrons. The van der Waals surface area contributed by atoms with Crippen LogP contribution < -0.4 is 0 Å². The van der Waals surface area contributed by atoms with Crippen LogP contribution in [0.2, 0.25) is 0 Å². The molecular weight excluding hydrogens is 168 g/mol. The number of furan rings is 1. The number of hydrogen-bond acceptors (Lipinski definition) is 3. The number of carbonyl (C=O) groups is 1. The lowest BCUT2D eigenvalue weighted by molar-refractivity contribution is 0.111. The highest BCUT2D eigenvalue weighted by molar-refractivity contribution is 5.72. The first kappa shape index (κ1) is 7.79. The number of imidazole rings is 1. The molecule has 13 heavy (non-hydrogen) atoms. The van der Waals surface area contributed by atoms with Crippen LogP contribution in [0.4, 0.5) is 0 Å². The van der Waals surface area contributed by atoms with Crippen LogP contribution in [0.25, 0.3) is 11.3 Å². The molecule has 0 saturated carbocycles. The highest BCUT2D eigenvalue weighted by Crippen LogP contribution is 2.17. The van der Waals surface area contributed by atoms with Crippen LogP contribution in [0.5, 0.6) is 0 Å². The molecule has 0 bridgehead atoms. The quantitative estimate of drug-likeness (QED) is 0.651. The van der Waals surface area contributed by atoms with Gasteiger partial charge in [0.05, 0.1) is 18.2 Å². The molecule has 0 unspecified atom stereocenters. The van der Waals surface area contributed by atoms with Gasteiger partial charge in [-0.1, -0.05) is 0 Å². The normalized spacial score (nSPS) is 10.2. The maximum Gasteiger partial charge on any atom is 0.185 e. The molecule has 2 rings (SSSR count). The maximum atomic E-state index is 10.5. The lowest BCUT2D eigenvalue weighted by Crippen LogP contribution is -1.92. The Kier molecular flexibility index (Phi) is 1.73. The van der Waals surface area contributed by atoms with Gasteiger partial charge in [-0.2, -0.15) is 0 Å². The highest BCUT2D eigenvalue weighted by Gasteiger charge is 2.06. The number of nitrogens with zero attached hydrogens (tertiary/aromatic N) is 2. The van der Waals surface area contributed by atoms with Gasteiger partial charge in [-0.25, -0.2) is 4.98 Å². The molecule has 4 nitrogen and oxygen atoms in total. The molecule has 0 aliphatic carbocycles. The van der Waals surface area contributed by atoms with Gasteiger partial charge >= 0.3 is 0 Å². The summed E-state index contributed by atoms with van der Waals surface area (Å²) < 4.78 is 6.59. The molecule has 0 amide bonds. The standard InChI is InChI=1S/C9H8N2O2/c1-11-4-8(10-9(11)5-12)7-2-3-13-6-7/h2-6H,1H3. The van der Waals surface area contributed by atoms with E-state index in [2.05, 4.69) is 4.98 Å². The van der Waals surface area contributed by atoms with Crippen molar-refractivity contribution in [3.8, 4) is 11.3 Å². The fourth-order valence-corrected chi connectivity index (χ4v) is 1.14. The molecule has 0 aliphatic heterocycles. The lowest BCUT2D eigenvalue weighted by atomic mass is 10.3. The van der Waals surface area contributed by atoms with Crippen molar-refractivity contribution in [2.24, 2.45) is 7.05 Å². The van der Waals surface area contributed by atoms with Gasteiger partial charge in [-0.15, -0.1) is 0 Å². The zero-order valence-corrected chi connectivity index (χ0v) is 7.10. The van der Waals surface area contributed by atoms with Gasteiger partial charge in [-0.3, -0.25) is 4.79 Å². The van der Waals surface area contributed by atoms with E-state index in [0.29, 0.717) is 5.82 Å². The lowest BCUT2D eigenvalue weighted by Gasteiger charge is -1.86. The average molecular weight is 176 g/mol. The van der Waals surface area contributed by atoms with Gasteiger partial charge in [0.15, 0.2) is 12.1 Å². The summed E-state index contributed by atoms with van der Waals surface area (Å²) >= 11 is 0. The summed E-state index contributed by atoms with van der Waals surface area (Å²) in [6.07, 6.45) is 5.68. The zero-order valence-electron chi connectivity index (χ0n) is 7.10. The third-order valence-corrected chi connectivity index (χ3v) is 1.83. The van der Waals surface area contributed by atoms with E-state index < -0.39 is 0 Å². The molecule has 0 radical (unpaired) electrons. The van der Waals surface area contributed by atoms with Crippen molar-refractivity contribution in [1.29, 1.82) is 0 Å². The molecular formula is C9H8N2O2. The Bertz CT molecular complexity index is 415. The van der Waals surface area contributed by atoms with Crippen LogP contribution >= 0.6 is 0 Å². The van der Waals surface area contributed by atoms with E-state index in [9.17, 15) is 4.79 Å². The number of carbonyl (C=O) groups excluding carboxylic acids is 1. The monoisotopic (exact) mass is 176 g/mol. The van der Waals surface area contributed by atoms with E-state index in [0.717, 1.165) is 17.5 Å². The predicted octanol–water partition coefficient (Wildman–Crippen LogP) is 1.49. The van der Waals surface area contributed by atoms with E-state index in [1.165, 1.54) is 0 Å². The van der Waals surface area contributed by atoms with Crippen LogP contribution in [0.15, 0.2) is 29.2 Å². The Morgan fingerprint density at radius 3 is 3.00 bits per heavy atom. The first-order chi connectivity index (χ1) is 6.31. The van der Waals surface area contributed by atoms with Crippen LogP contribution in [0.3, 0.4) is 0 Å². The average Bonchev–Trinajstić information content (AvgIpc) is 2.71. The maximum absolute atomic E-state index is 10.5. The van der Waals surface area contributed by atoms with Crippen molar-refractivity contribution in [2.45, 2.75) is 0 Å². The number of hydrogen-bond donors (Lipinski definition) is 0. The molecule has 2 aromatic heterocycles. The summed E-state index contributed by atoms with van der Waals surface area (Å²) in [7, 11) is 1.78. The minimum Gasteiger partial charge on any atom is -0.472 e. The van der Waals surface area contributed by atoms with Crippen molar-refractivity contribution in [2.75, 3.05) is 0 Å². The van der Waals surface area contributed by atoms with Crippen molar-refractivity contribution < 1.29 is 9.21 Å². The topological polar surface area (TPSA) is 48.0 Å². The number of aromatic nitrogens is 2. The molecule has 0 aliphatic rings. The first-order valence-electron chi connectivity index (χ1n) is 3.82. The number of aryl methyl sites for hydroxylation is 1. The molecule has 2 aromatic rings. The summed E-state index contributed by atoms with van der Waals surface area (Å²) in [5.74, 6) is 0.413. The van der Waals surface area contributed by atoms with Gasteiger partial charge < -0.3 is 8.98 Å². The second kappa shape index (κ2) is 2.90. The summed E-state index contributed by atoms with van der Waals surface area (Å²) in [6, 6.07) is 1.80. The molecule has 0 aromatic carbocycles. The fraction of sp³-hybridized carbons (Fsp3) is 0.111. The Morgan fingerprint density at radius 1 is 1.62 bits per heavy atom. The summed E-state index contributed by atoms with van der Waals surface area (Å²) in [5, 5.41) is 0. The Balaban J connectivity index is 2.48. The minimum atomic E-state index is 0.413. The molecule has 4 heteroatoms. The molecule has 0 fully saturated rings. The van der Waals surface area contributed by atoms with Gasteiger partial charge in [0.25, 0.3) is 0 Å². The third kappa shape index (κ3) is 1.26. The third-order valence-electron chi connectivity index (χ3n) is 1.83. The molecule has 0 atom stereocenters. The van der Waals surface area contributed by atoms with E-state index in [4.69, 9.17) is 4.42 Å². The van der Waals surface area contributed by atoms with Crippen LogP contribution in [-0.2, 0) is 7.05 Å². The Labute approximate surface area is 74.8 Å². The summed E-state index contributed by atoms with van der Waals surface area (Å²) in [5.41, 5.74) is 1.63. The van der Waals surface area contributed by atoms with Gasteiger partial charge in [-0.05, 0) is 6.07 Å². The van der Waals surface area contributed by atoms with Crippen molar-refractivity contribution in [1.82, 2.24) is 9.55 Å². The van der Waals surface area contributed by atoms with Gasteiger partial charge in [0.1, 0.15) is 0 Å². The first-order valence-corrected chi connectivity index (χ1v) is 3.82. The molecule has 0 spiro atoms. The van der Waals surface area contributed by atoms with E-state index in [-0.39, 0.29) is 0 Å². The largest absolute Gasteiger partial charge is 0.472 e. The van der Waals surface area contributed by atoms with Gasteiger partial charge in [0, 0.05) is 18.8 Å². The van der Waals surface area contributed by atoms with Crippen LogP contribution in [-0.4, -0.2) is 15.8 Å². The zero-order chi connectivity index (χ0) is 9.26. The van der Waals surface area contributed by atoms with Gasteiger partial charge in [0.2, 0.25) is 0 Å². The van der Waals surface area contributed by atoms with Crippen LogP contribution in [0, 0.1) is 0 Å². The second-order valence-electron chi connectivity index (χ2n) is 2.73. The smallest absolute Gasteiger partial charge is 0.185 e. The Morgan fingerprint density at radius 2 is 2.46 bits per heavy atom. The van der Waals surface area contributed by atoms with E-state index in [1.807, 2.05) is 0 Å². The predicted molar refractivity (Wildman–Crippen MR) is 46.3 cm³/mol. The molecule has 0 saturated heterocycles. The fourth-order valence-electron chi connectivity index (χ4n) is 1.14. The second-order valence-corrected chi connectivity index (χ2v) is 2.73. The van der Waals surface area contributed by atoms with Crippen molar-refractivity contribution in [3.63, 3.8) is 0 Å². The summed E-state index contributed by atoms with van der Waals surface area (Å²) in [6.45, 7) is 0.